The number of aromatic nitrogens is 4. The first-order chi connectivity index (χ1) is 25.3. The van der Waals surface area contributed by atoms with Crippen molar-refractivity contribution in [3.8, 4) is 56.5 Å². The number of benzene rings is 7. The fourth-order valence-electron chi connectivity index (χ4n) is 7.01. The number of fused-ring (bicyclic) bond motifs is 7. The summed E-state index contributed by atoms with van der Waals surface area (Å²) in [6.45, 7) is 0. The van der Waals surface area contributed by atoms with Crippen molar-refractivity contribution in [3.63, 3.8) is 0 Å². The maximum Gasteiger partial charge on any atom is 0.164 e. The maximum atomic E-state index is 6.50. The molecule has 0 aliphatic rings. The molecule has 5 heteroatoms. The van der Waals surface area contributed by atoms with Crippen LogP contribution in [0.4, 0.5) is 0 Å². The maximum absolute atomic E-state index is 6.50. The molecule has 0 spiro atoms. The van der Waals surface area contributed by atoms with E-state index in [2.05, 4.69) is 91.0 Å². The number of rotatable bonds is 5. The smallest absolute Gasteiger partial charge is 0.164 e. The molecule has 0 fully saturated rings. The first-order valence-corrected chi connectivity index (χ1v) is 17.0. The molecule has 0 aliphatic heterocycles. The normalized spacial score (nSPS) is 11.5. The highest BCUT2D eigenvalue weighted by Crippen LogP contribution is 2.41. The molecule has 10 rings (SSSR count). The van der Waals surface area contributed by atoms with E-state index in [1.807, 2.05) is 78.9 Å². The zero-order valence-corrected chi connectivity index (χ0v) is 27.4. The summed E-state index contributed by atoms with van der Waals surface area (Å²) < 4.78 is 6.50. The summed E-state index contributed by atoms with van der Waals surface area (Å²) in [5.74, 6) is 1.93. The van der Waals surface area contributed by atoms with Gasteiger partial charge in [0.25, 0.3) is 0 Å². The quantitative estimate of drug-likeness (QED) is 0.173. The van der Waals surface area contributed by atoms with Crippen molar-refractivity contribution in [3.05, 3.63) is 170 Å². The Morgan fingerprint density at radius 1 is 0.314 bits per heavy atom. The molecule has 0 N–H and O–H groups in total. The van der Waals surface area contributed by atoms with Crippen LogP contribution in [0.2, 0.25) is 0 Å². The summed E-state index contributed by atoms with van der Waals surface area (Å²) in [4.78, 5) is 19.8. The zero-order valence-electron chi connectivity index (χ0n) is 27.4. The minimum Gasteiger partial charge on any atom is -0.455 e. The minimum absolute atomic E-state index is 0.637. The van der Waals surface area contributed by atoms with Gasteiger partial charge in [-0.25, -0.2) is 19.9 Å². The molecule has 0 saturated heterocycles. The van der Waals surface area contributed by atoms with Crippen molar-refractivity contribution < 1.29 is 4.42 Å². The van der Waals surface area contributed by atoms with Gasteiger partial charge in [-0.15, -0.1) is 0 Å². The second-order valence-corrected chi connectivity index (χ2v) is 12.6. The van der Waals surface area contributed by atoms with Crippen LogP contribution in [0.15, 0.2) is 174 Å². The molecule has 0 amide bonds. The lowest BCUT2D eigenvalue weighted by Crippen LogP contribution is -2.00. The van der Waals surface area contributed by atoms with Gasteiger partial charge in [-0.1, -0.05) is 152 Å². The highest BCUT2D eigenvalue weighted by molar-refractivity contribution is 6.24. The van der Waals surface area contributed by atoms with E-state index in [4.69, 9.17) is 24.4 Å². The van der Waals surface area contributed by atoms with E-state index in [1.54, 1.807) is 0 Å². The Bertz CT molecular complexity index is 2820. The second-order valence-electron chi connectivity index (χ2n) is 12.6. The molecule has 7 aromatic carbocycles. The zero-order chi connectivity index (χ0) is 33.7. The Labute approximate surface area is 293 Å². The van der Waals surface area contributed by atoms with Gasteiger partial charge >= 0.3 is 0 Å². The lowest BCUT2D eigenvalue weighted by Gasteiger charge is -2.12. The lowest BCUT2D eigenvalue weighted by atomic mass is 9.96. The topological polar surface area (TPSA) is 64.7 Å². The minimum atomic E-state index is 0.637. The summed E-state index contributed by atoms with van der Waals surface area (Å²) in [7, 11) is 0. The van der Waals surface area contributed by atoms with Crippen molar-refractivity contribution in [1.29, 1.82) is 0 Å². The van der Waals surface area contributed by atoms with E-state index >= 15 is 0 Å². The molecule has 0 bridgehead atoms. The van der Waals surface area contributed by atoms with Gasteiger partial charge in [-0.2, -0.15) is 0 Å². The molecule has 0 atom stereocenters. The van der Waals surface area contributed by atoms with Crippen LogP contribution in [0.1, 0.15) is 0 Å². The number of hydrogen-bond acceptors (Lipinski definition) is 5. The Morgan fingerprint density at radius 3 is 1.41 bits per heavy atom. The molecule has 3 aromatic heterocycles. The third-order valence-corrected chi connectivity index (χ3v) is 9.54. The van der Waals surface area contributed by atoms with Crippen LogP contribution in [-0.2, 0) is 0 Å². The number of nitrogens with zero attached hydrogens (tertiary/aromatic N) is 4. The van der Waals surface area contributed by atoms with E-state index in [9.17, 15) is 0 Å². The predicted octanol–water partition coefficient (Wildman–Crippen LogP) is 11.8. The van der Waals surface area contributed by atoms with Gasteiger partial charge in [-0.05, 0) is 29.3 Å². The average Bonchev–Trinajstić information content (AvgIpc) is 3.60. The van der Waals surface area contributed by atoms with E-state index < -0.39 is 0 Å². The monoisotopic (exact) mass is 652 g/mol. The fraction of sp³-hybridized carbons (Fsp3) is 0. The van der Waals surface area contributed by atoms with Gasteiger partial charge in [0.05, 0.1) is 11.2 Å². The molecule has 0 saturated carbocycles. The molecule has 238 valence electrons. The largest absolute Gasteiger partial charge is 0.455 e. The summed E-state index contributed by atoms with van der Waals surface area (Å²) in [5, 5.41) is 5.48. The number of hydrogen-bond donors (Lipinski definition) is 0. The van der Waals surface area contributed by atoms with Crippen LogP contribution in [-0.4, -0.2) is 19.9 Å². The second kappa shape index (κ2) is 11.9. The van der Waals surface area contributed by atoms with E-state index in [-0.39, 0.29) is 0 Å². The Hall–Kier alpha value is -6.98. The van der Waals surface area contributed by atoms with Crippen molar-refractivity contribution in [1.82, 2.24) is 19.9 Å². The molecule has 10 aromatic rings. The predicted molar refractivity (Wildman–Crippen MR) is 207 cm³/mol. The van der Waals surface area contributed by atoms with Crippen LogP contribution in [0.3, 0.4) is 0 Å². The summed E-state index contributed by atoms with van der Waals surface area (Å²) in [6.07, 6.45) is 0. The van der Waals surface area contributed by atoms with Crippen LogP contribution < -0.4 is 0 Å². The van der Waals surface area contributed by atoms with Gasteiger partial charge in [0.1, 0.15) is 11.2 Å². The molecule has 3 heterocycles. The van der Waals surface area contributed by atoms with Crippen molar-refractivity contribution >= 4 is 43.6 Å². The van der Waals surface area contributed by atoms with Crippen molar-refractivity contribution in [2.24, 2.45) is 0 Å². The Balaban J connectivity index is 1.03. The SMILES string of the molecule is c1ccc(-c2nc(-c3ccccc3)nc(-c3ccc(-c4ccc(-c5nc6ccccc6c6c5ccc5c7ccccc7oc56)cc4)cc3)n2)cc1. The van der Waals surface area contributed by atoms with E-state index in [1.165, 1.54) is 0 Å². The Morgan fingerprint density at radius 2 is 0.784 bits per heavy atom. The molecular formula is C46H28N4O. The average molecular weight is 653 g/mol. The van der Waals surface area contributed by atoms with Crippen LogP contribution in [0.5, 0.6) is 0 Å². The van der Waals surface area contributed by atoms with Crippen molar-refractivity contribution in [2.45, 2.75) is 0 Å². The van der Waals surface area contributed by atoms with Gasteiger partial charge in [-0.3, -0.25) is 0 Å². The summed E-state index contributed by atoms with van der Waals surface area (Å²) in [5.41, 5.74) is 9.76. The standard InChI is InChI=1S/C46H28N4O/c1-3-11-32(12-4-1)44-48-45(33-13-5-2-6-14-33)50-46(49-44)34-25-21-30(22-26-34)29-19-23-31(24-20-29)42-38-28-27-36-35-15-8-10-18-40(35)51-43(36)41(38)37-16-7-9-17-39(37)47-42/h1-28H. The van der Waals surface area contributed by atoms with Gasteiger partial charge < -0.3 is 4.42 Å². The van der Waals surface area contributed by atoms with Gasteiger partial charge in [0, 0.05) is 49.2 Å². The lowest BCUT2D eigenvalue weighted by molar-refractivity contribution is 0.673. The summed E-state index contributed by atoms with van der Waals surface area (Å²) in [6, 6.07) is 58.0. The molecule has 0 aliphatic carbocycles. The number of furan rings is 1. The van der Waals surface area contributed by atoms with E-state index in [0.717, 1.165) is 82.7 Å². The number of pyridine rings is 1. The first kappa shape index (κ1) is 29.0. The molecule has 5 nitrogen and oxygen atoms in total. The van der Waals surface area contributed by atoms with Crippen LogP contribution in [0.25, 0.3) is 100 Å². The van der Waals surface area contributed by atoms with Gasteiger partial charge in [0.2, 0.25) is 0 Å². The van der Waals surface area contributed by atoms with E-state index in [0.29, 0.717) is 17.5 Å². The summed E-state index contributed by atoms with van der Waals surface area (Å²) >= 11 is 0. The third-order valence-electron chi connectivity index (χ3n) is 9.54. The third kappa shape index (κ3) is 5.03. The van der Waals surface area contributed by atoms with Crippen molar-refractivity contribution in [2.75, 3.05) is 0 Å². The molecule has 0 radical (unpaired) electrons. The van der Waals surface area contributed by atoms with Gasteiger partial charge in [0.15, 0.2) is 17.5 Å². The highest BCUT2D eigenvalue weighted by Gasteiger charge is 2.17. The molecular weight excluding hydrogens is 625 g/mol. The molecule has 51 heavy (non-hydrogen) atoms. The molecule has 0 unspecified atom stereocenters. The van der Waals surface area contributed by atoms with Crippen LogP contribution in [0, 0.1) is 0 Å². The first-order valence-electron chi connectivity index (χ1n) is 17.0. The Kier molecular flexibility index (Phi) is 6.74. The number of para-hydroxylation sites is 2. The van der Waals surface area contributed by atoms with Crippen LogP contribution >= 0.6 is 0 Å². The fourth-order valence-corrected chi connectivity index (χ4v) is 7.01. The highest BCUT2D eigenvalue weighted by atomic mass is 16.3.